The van der Waals surface area contributed by atoms with Gasteiger partial charge in [0.1, 0.15) is 23.4 Å². The van der Waals surface area contributed by atoms with E-state index in [9.17, 15) is 24.9 Å². The number of aromatic hydroxyl groups is 3. The number of halogens is 5. The summed E-state index contributed by atoms with van der Waals surface area (Å²) in [6.07, 6.45) is -0.259. The van der Waals surface area contributed by atoms with E-state index in [0.29, 0.717) is 38.6 Å². The maximum Gasteiger partial charge on any atom is 0.196 e. The third-order valence-corrected chi connectivity index (χ3v) is 7.88. The molecule has 0 heterocycles. The molecule has 1 atom stereocenters. The van der Waals surface area contributed by atoms with Crippen LogP contribution in [0.3, 0.4) is 0 Å². The number of hydrogen-bond donors (Lipinski definition) is 4. The highest BCUT2D eigenvalue weighted by Gasteiger charge is 2.15. The largest absolute Gasteiger partial charge is 0.508 e. The second-order valence-corrected chi connectivity index (χ2v) is 12.6. The average molecular weight is 826 g/mol. The van der Waals surface area contributed by atoms with Crippen molar-refractivity contribution in [2.45, 2.75) is 6.10 Å². The van der Waals surface area contributed by atoms with Gasteiger partial charge in [0.05, 0.1) is 11.1 Å². The molecule has 0 aliphatic rings. The van der Waals surface area contributed by atoms with Crippen LogP contribution in [0.1, 0.15) is 43.5 Å². The molecule has 0 aromatic heterocycles. The highest BCUT2D eigenvalue weighted by molar-refractivity contribution is 9.11. The number of aliphatic hydroxyl groups is 1. The first kappa shape index (κ1) is 35.3. The van der Waals surface area contributed by atoms with Crippen LogP contribution in [0.2, 0.25) is 10.0 Å². The van der Waals surface area contributed by atoms with Crippen molar-refractivity contribution in [1.29, 1.82) is 0 Å². The maximum absolute atomic E-state index is 12.1. The van der Waals surface area contributed by atoms with Crippen LogP contribution in [0.5, 0.6) is 17.2 Å². The Bertz CT molecular complexity index is 1750. The summed E-state index contributed by atoms with van der Waals surface area (Å²) in [6, 6.07) is 27.8. The average Bonchev–Trinajstić information content (AvgIpc) is 3.01. The second kappa shape index (κ2) is 16.8. The molecule has 0 aliphatic carbocycles. The molecule has 0 fully saturated rings. The molecule has 0 bridgehead atoms. The molecule has 5 aromatic carbocycles. The molecule has 5 rings (SSSR count). The van der Waals surface area contributed by atoms with Gasteiger partial charge in [0.2, 0.25) is 0 Å². The highest BCUT2D eigenvalue weighted by Crippen LogP contribution is 2.32. The third-order valence-electron chi connectivity index (χ3n) is 5.90. The Hall–Kier alpha value is -3.18. The number of carbonyl (C=O) groups excluding carboxylic acids is 2. The molecule has 1 unspecified atom stereocenters. The number of benzene rings is 5. The van der Waals surface area contributed by atoms with E-state index in [-0.39, 0.29) is 28.6 Å². The van der Waals surface area contributed by atoms with E-state index in [2.05, 4.69) is 47.8 Å². The van der Waals surface area contributed by atoms with Gasteiger partial charge in [-0.1, -0.05) is 83.1 Å². The number of carbonyl (C=O) groups is 2. The van der Waals surface area contributed by atoms with E-state index in [1.807, 2.05) is 0 Å². The predicted molar refractivity (Wildman–Crippen MR) is 183 cm³/mol. The van der Waals surface area contributed by atoms with Gasteiger partial charge in [-0.3, -0.25) is 9.59 Å². The summed E-state index contributed by atoms with van der Waals surface area (Å²) < 4.78 is 2.33. The van der Waals surface area contributed by atoms with Crippen LogP contribution in [0.4, 0.5) is 0 Å². The Morgan fingerprint density at radius 1 is 0.636 bits per heavy atom. The first-order valence-electron chi connectivity index (χ1n) is 12.5. The molecule has 6 nitrogen and oxygen atoms in total. The zero-order chi connectivity index (χ0) is 32.4. The lowest BCUT2D eigenvalue weighted by Crippen LogP contribution is -2.01. The molecule has 4 N–H and O–H groups in total. The minimum absolute atomic E-state index is 0.0122. The third kappa shape index (κ3) is 10.2. The van der Waals surface area contributed by atoms with Crippen LogP contribution < -0.4 is 0 Å². The summed E-state index contributed by atoms with van der Waals surface area (Å²) in [7, 11) is 0. The predicted octanol–water partition coefficient (Wildman–Crippen LogP) is 9.90. The van der Waals surface area contributed by atoms with Crippen LogP contribution in [0.15, 0.2) is 117 Å². The second-order valence-electron chi connectivity index (χ2n) is 8.98. The van der Waals surface area contributed by atoms with Crippen molar-refractivity contribution < 1.29 is 30.0 Å². The molecule has 0 saturated heterocycles. The zero-order valence-corrected chi connectivity index (χ0v) is 28.7. The van der Waals surface area contributed by atoms with Gasteiger partial charge in [0.25, 0.3) is 0 Å². The monoisotopic (exact) mass is 822 g/mol. The quantitative estimate of drug-likeness (QED) is 0.104. The number of rotatable bonds is 5. The molecule has 5 aromatic rings. The van der Waals surface area contributed by atoms with Gasteiger partial charge in [-0.15, -0.1) is 0 Å². The van der Waals surface area contributed by atoms with Gasteiger partial charge < -0.3 is 20.4 Å². The van der Waals surface area contributed by atoms with Crippen molar-refractivity contribution in [2.75, 3.05) is 0 Å². The number of ketones is 1. The van der Waals surface area contributed by atoms with Crippen LogP contribution in [-0.2, 0) is 0 Å². The highest BCUT2D eigenvalue weighted by atomic mass is 79.9. The molecule has 0 radical (unpaired) electrons. The molecule has 0 spiro atoms. The van der Waals surface area contributed by atoms with Crippen molar-refractivity contribution in [2.24, 2.45) is 0 Å². The van der Waals surface area contributed by atoms with E-state index in [4.69, 9.17) is 28.3 Å². The lowest BCUT2D eigenvalue weighted by molar-refractivity contribution is 0.103. The Morgan fingerprint density at radius 2 is 1.11 bits per heavy atom. The zero-order valence-electron chi connectivity index (χ0n) is 22.5. The normalized spacial score (nSPS) is 10.9. The first-order valence-corrected chi connectivity index (χ1v) is 15.7. The van der Waals surface area contributed by atoms with Crippen LogP contribution in [0, 0.1) is 0 Å². The molecule has 0 aliphatic heterocycles. The van der Waals surface area contributed by atoms with Crippen LogP contribution >= 0.6 is 71.0 Å². The van der Waals surface area contributed by atoms with E-state index < -0.39 is 6.10 Å². The van der Waals surface area contributed by atoms with Gasteiger partial charge in [-0.2, -0.15) is 0 Å². The first-order chi connectivity index (χ1) is 20.9. The van der Waals surface area contributed by atoms with Crippen molar-refractivity contribution in [3.63, 3.8) is 0 Å². The van der Waals surface area contributed by atoms with Gasteiger partial charge >= 0.3 is 0 Å². The maximum atomic E-state index is 12.1. The minimum atomic E-state index is -0.871. The topological polar surface area (TPSA) is 115 Å². The van der Waals surface area contributed by atoms with E-state index >= 15 is 0 Å². The van der Waals surface area contributed by atoms with E-state index in [1.165, 1.54) is 12.1 Å². The minimum Gasteiger partial charge on any atom is -0.508 e. The smallest absolute Gasteiger partial charge is 0.196 e. The van der Waals surface area contributed by atoms with Crippen molar-refractivity contribution in [3.8, 4) is 17.2 Å². The Kier molecular flexibility index (Phi) is 13.5. The summed E-state index contributed by atoms with van der Waals surface area (Å²) in [5.74, 6) is -0.192. The Balaban J connectivity index is 0.000000187. The number of phenolic OH excluding ortho intramolecular Hbond substituents is 3. The van der Waals surface area contributed by atoms with Crippen LogP contribution in [-0.4, -0.2) is 32.5 Å². The number of phenols is 3. The SMILES string of the molecule is O=C(c1ccc(Cl)cc1)c1cc(Br)ccc1O.O=Cc1cc(Br)ccc1O.Oc1ccc(Br)cc1C(O)c1ccc(Cl)cc1. The summed E-state index contributed by atoms with van der Waals surface area (Å²) in [4.78, 5) is 22.3. The molecular weight excluding hydrogens is 803 g/mol. The molecule has 0 saturated carbocycles. The lowest BCUT2D eigenvalue weighted by Gasteiger charge is -2.13. The summed E-state index contributed by atoms with van der Waals surface area (Å²) in [6.45, 7) is 0. The number of hydrogen-bond acceptors (Lipinski definition) is 6. The van der Waals surface area contributed by atoms with Gasteiger partial charge in [-0.05, 0) is 96.6 Å². The standard InChI is InChI=1S/C13H10BrClO2.C13H8BrClO2.C7H5BrO2/c2*14-9-3-6-12(16)11(7-9)13(17)8-1-4-10(15)5-2-8;8-6-1-2-7(10)5(3-6)4-9/h1-7,13,16-17H;1-7,16H;1-4,10H. The molecule has 44 heavy (non-hydrogen) atoms. The summed E-state index contributed by atoms with van der Waals surface area (Å²) in [5.41, 5.74) is 2.20. The summed E-state index contributed by atoms with van der Waals surface area (Å²) in [5, 5.41) is 39.7. The van der Waals surface area contributed by atoms with Gasteiger partial charge in [0, 0.05) is 34.6 Å². The van der Waals surface area contributed by atoms with Crippen LogP contribution in [0.25, 0.3) is 0 Å². The Labute approximate surface area is 288 Å². The molecular formula is C33H23Br3Cl2O6. The fourth-order valence-corrected chi connectivity index (χ4v) is 5.01. The van der Waals surface area contributed by atoms with Crippen molar-refractivity contribution in [1.82, 2.24) is 0 Å². The van der Waals surface area contributed by atoms with Gasteiger partial charge in [-0.25, -0.2) is 0 Å². The lowest BCUT2D eigenvalue weighted by atomic mass is 10.0. The van der Waals surface area contributed by atoms with Crippen molar-refractivity contribution >= 4 is 83.1 Å². The fourth-order valence-electron chi connectivity index (χ4n) is 3.64. The number of aliphatic hydroxyl groups excluding tert-OH is 1. The number of aldehydes is 1. The molecule has 0 amide bonds. The Morgan fingerprint density at radius 3 is 1.66 bits per heavy atom. The van der Waals surface area contributed by atoms with E-state index in [0.717, 1.165) is 13.4 Å². The van der Waals surface area contributed by atoms with Gasteiger partial charge in [0.15, 0.2) is 12.1 Å². The molecule has 226 valence electrons. The van der Waals surface area contributed by atoms with Crippen molar-refractivity contribution in [3.05, 3.63) is 154 Å². The summed E-state index contributed by atoms with van der Waals surface area (Å²) >= 11 is 21.3. The molecule has 11 heteroatoms. The fraction of sp³-hybridized carbons (Fsp3) is 0.0303. The van der Waals surface area contributed by atoms with E-state index in [1.54, 1.807) is 91.0 Å².